The maximum atomic E-state index is 5.93. The summed E-state index contributed by atoms with van der Waals surface area (Å²) in [4.78, 5) is 2.46. The van der Waals surface area contributed by atoms with Gasteiger partial charge in [-0.1, -0.05) is 11.6 Å². The standard InChI is InChI=1S/C14H21ClN2O/c1-12-11-13(15)3-4-14(12)16-5-2-6-17-7-9-18-10-8-17/h3-4,11,16H,2,5-10H2,1H3. The minimum Gasteiger partial charge on any atom is -0.385 e. The minimum absolute atomic E-state index is 0.798. The molecule has 0 atom stereocenters. The number of morpholine rings is 1. The van der Waals surface area contributed by atoms with E-state index in [2.05, 4.69) is 17.1 Å². The first-order valence-electron chi connectivity index (χ1n) is 6.56. The van der Waals surface area contributed by atoms with Crippen LogP contribution in [0.2, 0.25) is 5.02 Å². The van der Waals surface area contributed by atoms with Crippen molar-refractivity contribution >= 4 is 17.3 Å². The fourth-order valence-corrected chi connectivity index (χ4v) is 2.40. The Kier molecular flexibility index (Phi) is 5.29. The van der Waals surface area contributed by atoms with Gasteiger partial charge in [0.15, 0.2) is 0 Å². The molecule has 1 fully saturated rings. The van der Waals surface area contributed by atoms with Crippen molar-refractivity contribution in [1.82, 2.24) is 4.90 Å². The number of aryl methyl sites for hydroxylation is 1. The van der Waals surface area contributed by atoms with Crippen molar-refractivity contribution in [2.75, 3.05) is 44.7 Å². The molecule has 1 aromatic carbocycles. The number of nitrogens with one attached hydrogen (secondary N) is 1. The molecule has 1 N–H and O–H groups in total. The highest BCUT2D eigenvalue weighted by Gasteiger charge is 2.09. The summed E-state index contributed by atoms with van der Waals surface area (Å²) in [6.07, 6.45) is 1.15. The summed E-state index contributed by atoms with van der Waals surface area (Å²) < 4.78 is 5.33. The highest BCUT2D eigenvalue weighted by atomic mass is 35.5. The number of hydrogen-bond donors (Lipinski definition) is 1. The van der Waals surface area contributed by atoms with Gasteiger partial charge in [-0.25, -0.2) is 0 Å². The lowest BCUT2D eigenvalue weighted by molar-refractivity contribution is 0.0378. The van der Waals surface area contributed by atoms with Crippen molar-refractivity contribution in [3.05, 3.63) is 28.8 Å². The number of nitrogens with zero attached hydrogens (tertiary/aromatic N) is 1. The van der Waals surface area contributed by atoms with Crippen LogP contribution in [0.4, 0.5) is 5.69 Å². The van der Waals surface area contributed by atoms with Crippen molar-refractivity contribution in [2.24, 2.45) is 0 Å². The first-order chi connectivity index (χ1) is 8.75. The van der Waals surface area contributed by atoms with E-state index in [1.165, 1.54) is 11.3 Å². The van der Waals surface area contributed by atoms with Crippen LogP contribution in [0.1, 0.15) is 12.0 Å². The topological polar surface area (TPSA) is 24.5 Å². The van der Waals surface area contributed by atoms with Crippen LogP contribution in [-0.2, 0) is 4.74 Å². The van der Waals surface area contributed by atoms with E-state index in [1.54, 1.807) is 0 Å². The van der Waals surface area contributed by atoms with Gasteiger partial charge in [0.2, 0.25) is 0 Å². The second kappa shape index (κ2) is 6.98. The molecule has 18 heavy (non-hydrogen) atoms. The Bertz CT molecular complexity index is 378. The van der Waals surface area contributed by atoms with E-state index in [-0.39, 0.29) is 0 Å². The quantitative estimate of drug-likeness (QED) is 0.831. The number of halogens is 1. The Labute approximate surface area is 114 Å². The lowest BCUT2D eigenvalue weighted by Gasteiger charge is -2.26. The van der Waals surface area contributed by atoms with E-state index in [9.17, 15) is 0 Å². The molecule has 100 valence electrons. The highest BCUT2D eigenvalue weighted by Crippen LogP contribution is 2.19. The molecule has 1 aliphatic heterocycles. The van der Waals surface area contributed by atoms with Crippen LogP contribution < -0.4 is 5.32 Å². The predicted molar refractivity (Wildman–Crippen MR) is 76.6 cm³/mol. The Morgan fingerprint density at radius 1 is 1.33 bits per heavy atom. The summed E-state index contributed by atoms with van der Waals surface area (Å²) >= 11 is 5.93. The zero-order valence-electron chi connectivity index (χ0n) is 10.9. The molecule has 4 heteroatoms. The van der Waals surface area contributed by atoms with E-state index in [0.717, 1.165) is 50.8 Å². The smallest absolute Gasteiger partial charge is 0.0594 e. The third kappa shape index (κ3) is 4.16. The molecule has 1 heterocycles. The highest BCUT2D eigenvalue weighted by molar-refractivity contribution is 6.30. The van der Waals surface area contributed by atoms with Crippen LogP contribution in [0.25, 0.3) is 0 Å². The Balaban J connectivity index is 1.68. The molecule has 0 saturated carbocycles. The summed E-state index contributed by atoms with van der Waals surface area (Å²) in [5.74, 6) is 0. The molecule has 1 aromatic rings. The summed E-state index contributed by atoms with van der Waals surface area (Å²) in [6, 6.07) is 5.97. The minimum atomic E-state index is 0.798. The largest absolute Gasteiger partial charge is 0.385 e. The predicted octanol–water partition coefficient (Wildman–Crippen LogP) is 2.78. The maximum absolute atomic E-state index is 5.93. The van der Waals surface area contributed by atoms with Gasteiger partial charge in [0, 0.05) is 30.3 Å². The number of benzene rings is 1. The summed E-state index contributed by atoms with van der Waals surface area (Å²) in [6.45, 7) is 8.12. The van der Waals surface area contributed by atoms with E-state index < -0.39 is 0 Å². The molecule has 0 amide bonds. The molecule has 1 aliphatic rings. The molecule has 0 unspecified atom stereocenters. The monoisotopic (exact) mass is 268 g/mol. The second-order valence-electron chi connectivity index (χ2n) is 4.69. The fourth-order valence-electron chi connectivity index (χ4n) is 2.18. The Hall–Kier alpha value is -0.770. The maximum Gasteiger partial charge on any atom is 0.0594 e. The van der Waals surface area contributed by atoms with E-state index in [1.807, 2.05) is 18.2 Å². The molecule has 0 spiro atoms. The number of ether oxygens (including phenoxy) is 1. The average molecular weight is 269 g/mol. The van der Waals surface area contributed by atoms with Crippen molar-refractivity contribution in [3.8, 4) is 0 Å². The second-order valence-corrected chi connectivity index (χ2v) is 5.13. The first-order valence-corrected chi connectivity index (χ1v) is 6.93. The van der Waals surface area contributed by atoms with Crippen LogP contribution in [-0.4, -0.2) is 44.3 Å². The van der Waals surface area contributed by atoms with E-state index >= 15 is 0 Å². The van der Waals surface area contributed by atoms with Crippen molar-refractivity contribution in [2.45, 2.75) is 13.3 Å². The molecule has 1 saturated heterocycles. The molecular formula is C14H21ClN2O. The van der Waals surface area contributed by atoms with Crippen LogP contribution in [0.5, 0.6) is 0 Å². The van der Waals surface area contributed by atoms with Crippen molar-refractivity contribution in [1.29, 1.82) is 0 Å². The fraction of sp³-hybridized carbons (Fsp3) is 0.571. The summed E-state index contributed by atoms with van der Waals surface area (Å²) in [5.41, 5.74) is 2.38. The summed E-state index contributed by atoms with van der Waals surface area (Å²) in [7, 11) is 0. The van der Waals surface area contributed by atoms with Gasteiger partial charge in [-0.15, -0.1) is 0 Å². The Morgan fingerprint density at radius 2 is 2.11 bits per heavy atom. The number of hydrogen-bond acceptors (Lipinski definition) is 3. The van der Waals surface area contributed by atoms with Crippen LogP contribution in [0, 0.1) is 6.92 Å². The average Bonchev–Trinajstić information content (AvgIpc) is 2.38. The molecular weight excluding hydrogens is 248 g/mol. The molecule has 0 bridgehead atoms. The lowest BCUT2D eigenvalue weighted by atomic mass is 10.2. The third-order valence-electron chi connectivity index (χ3n) is 3.26. The van der Waals surface area contributed by atoms with Gasteiger partial charge in [0.1, 0.15) is 0 Å². The van der Waals surface area contributed by atoms with Crippen LogP contribution in [0.3, 0.4) is 0 Å². The van der Waals surface area contributed by atoms with E-state index in [4.69, 9.17) is 16.3 Å². The Morgan fingerprint density at radius 3 is 2.83 bits per heavy atom. The van der Waals surface area contributed by atoms with Gasteiger partial charge in [-0.3, -0.25) is 4.90 Å². The van der Waals surface area contributed by atoms with Crippen LogP contribution in [0.15, 0.2) is 18.2 Å². The number of rotatable bonds is 5. The van der Waals surface area contributed by atoms with Gasteiger partial charge in [0.25, 0.3) is 0 Å². The SMILES string of the molecule is Cc1cc(Cl)ccc1NCCCN1CCOCC1. The van der Waals surface area contributed by atoms with Crippen molar-refractivity contribution < 1.29 is 4.74 Å². The molecule has 3 nitrogen and oxygen atoms in total. The van der Waals surface area contributed by atoms with Gasteiger partial charge < -0.3 is 10.1 Å². The molecule has 0 aromatic heterocycles. The van der Waals surface area contributed by atoms with E-state index in [0.29, 0.717) is 0 Å². The molecule has 2 rings (SSSR count). The first kappa shape index (κ1) is 13.7. The number of anilines is 1. The van der Waals surface area contributed by atoms with Gasteiger partial charge in [-0.05, 0) is 43.7 Å². The molecule has 0 radical (unpaired) electrons. The normalized spacial score (nSPS) is 16.8. The van der Waals surface area contributed by atoms with Gasteiger partial charge >= 0.3 is 0 Å². The van der Waals surface area contributed by atoms with Gasteiger partial charge in [0.05, 0.1) is 13.2 Å². The van der Waals surface area contributed by atoms with Gasteiger partial charge in [-0.2, -0.15) is 0 Å². The zero-order valence-corrected chi connectivity index (χ0v) is 11.7. The van der Waals surface area contributed by atoms with Crippen LogP contribution >= 0.6 is 11.6 Å². The molecule has 0 aliphatic carbocycles. The summed E-state index contributed by atoms with van der Waals surface area (Å²) in [5, 5.41) is 4.26. The van der Waals surface area contributed by atoms with Crippen molar-refractivity contribution in [3.63, 3.8) is 0 Å². The third-order valence-corrected chi connectivity index (χ3v) is 3.49. The zero-order chi connectivity index (χ0) is 12.8. The lowest BCUT2D eigenvalue weighted by Crippen LogP contribution is -2.37.